The summed E-state index contributed by atoms with van der Waals surface area (Å²) in [5.41, 5.74) is 1.12. The van der Waals surface area contributed by atoms with E-state index in [1.54, 1.807) is 12.3 Å². The minimum absolute atomic E-state index is 0.0325. The highest BCUT2D eigenvalue weighted by Gasteiger charge is 2.32. The number of aromatic amines is 2. The maximum atomic E-state index is 12.8. The van der Waals surface area contributed by atoms with Crippen LogP contribution in [0.15, 0.2) is 41.5 Å². The molecule has 2 N–H and O–H groups in total. The second-order valence-corrected chi connectivity index (χ2v) is 7.71. The quantitative estimate of drug-likeness (QED) is 0.643. The van der Waals surface area contributed by atoms with E-state index >= 15 is 0 Å². The predicted octanol–water partition coefficient (Wildman–Crippen LogP) is 2.76. The fourth-order valence-corrected chi connectivity index (χ4v) is 3.89. The molecule has 3 aromatic heterocycles. The van der Waals surface area contributed by atoms with Gasteiger partial charge in [-0.1, -0.05) is 0 Å². The van der Waals surface area contributed by atoms with Crippen LogP contribution >= 0.6 is 0 Å². The molecule has 8 nitrogen and oxygen atoms in total. The number of alkyl halides is 3. The number of rotatable bonds is 4. The molecule has 11 heteroatoms. The van der Waals surface area contributed by atoms with Crippen LogP contribution in [0.2, 0.25) is 0 Å². The van der Waals surface area contributed by atoms with Crippen LogP contribution in [0.3, 0.4) is 0 Å². The standard InChI is InChI=1S/C21H20F3N7O/c1-13-11-30(4-5-31(13)18-3-2-16(10-26-18)21(22,23)24)12-15-9-27-29-20(15)17-6-14(8-25)7-19(32)28-17/h2-3,6-7,9-10,13H,4-5,11-12H2,1H3,(H,27,29)(H,28,32)/t13-/m1/s1. The molecular formula is C21H20F3N7O. The lowest BCUT2D eigenvalue weighted by atomic mass is 10.1. The minimum atomic E-state index is -4.41. The van der Waals surface area contributed by atoms with Gasteiger partial charge in [0.1, 0.15) is 5.82 Å². The van der Waals surface area contributed by atoms with Gasteiger partial charge < -0.3 is 9.88 Å². The third kappa shape index (κ3) is 4.50. The molecule has 1 saturated heterocycles. The molecule has 1 aliphatic rings. The molecule has 4 heterocycles. The van der Waals surface area contributed by atoms with Crippen LogP contribution < -0.4 is 10.5 Å². The number of hydrogen-bond donors (Lipinski definition) is 2. The zero-order valence-electron chi connectivity index (χ0n) is 17.1. The van der Waals surface area contributed by atoms with Gasteiger partial charge in [0.25, 0.3) is 0 Å². The van der Waals surface area contributed by atoms with Gasteiger partial charge in [0.2, 0.25) is 5.56 Å². The molecule has 4 rings (SSSR count). The number of pyridine rings is 2. The molecular weight excluding hydrogens is 423 g/mol. The fourth-order valence-electron chi connectivity index (χ4n) is 3.89. The third-order valence-electron chi connectivity index (χ3n) is 5.44. The van der Waals surface area contributed by atoms with Gasteiger partial charge >= 0.3 is 6.18 Å². The number of hydrogen-bond acceptors (Lipinski definition) is 6. The molecule has 1 fully saturated rings. The van der Waals surface area contributed by atoms with Crippen molar-refractivity contribution in [2.75, 3.05) is 24.5 Å². The number of H-pyrrole nitrogens is 2. The predicted molar refractivity (Wildman–Crippen MR) is 111 cm³/mol. The smallest absolute Gasteiger partial charge is 0.351 e. The van der Waals surface area contributed by atoms with Gasteiger partial charge in [-0.2, -0.15) is 23.5 Å². The normalized spacial score (nSPS) is 17.3. The summed E-state index contributed by atoms with van der Waals surface area (Å²) in [4.78, 5) is 22.8. The van der Waals surface area contributed by atoms with E-state index in [-0.39, 0.29) is 17.2 Å². The molecule has 0 radical (unpaired) electrons. The van der Waals surface area contributed by atoms with Crippen LogP contribution in [-0.2, 0) is 12.7 Å². The van der Waals surface area contributed by atoms with Crippen LogP contribution in [0.4, 0.5) is 19.0 Å². The van der Waals surface area contributed by atoms with E-state index in [2.05, 4.69) is 25.1 Å². The molecule has 0 unspecified atom stereocenters. The number of halogens is 3. The van der Waals surface area contributed by atoms with Gasteiger partial charge in [-0.25, -0.2) is 4.98 Å². The first-order valence-electron chi connectivity index (χ1n) is 9.94. The molecule has 32 heavy (non-hydrogen) atoms. The highest BCUT2D eigenvalue weighted by Crippen LogP contribution is 2.30. The van der Waals surface area contributed by atoms with Gasteiger partial charge in [-0.3, -0.25) is 14.8 Å². The van der Waals surface area contributed by atoms with Crippen molar-refractivity contribution in [1.29, 1.82) is 5.26 Å². The lowest BCUT2D eigenvalue weighted by molar-refractivity contribution is -0.137. The first-order valence-corrected chi connectivity index (χ1v) is 9.94. The van der Waals surface area contributed by atoms with Crippen LogP contribution in [0, 0.1) is 11.3 Å². The van der Waals surface area contributed by atoms with Crippen molar-refractivity contribution in [3.05, 3.63) is 63.7 Å². The SMILES string of the molecule is C[C@@H]1CN(Cc2cn[nH]c2-c2cc(C#N)cc(=O)[nH]2)CCN1c1ccc(C(F)(F)F)cn1. The van der Waals surface area contributed by atoms with Gasteiger partial charge in [0, 0.05) is 50.0 Å². The molecule has 0 aliphatic carbocycles. The first kappa shape index (κ1) is 21.6. The van der Waals surface area contributed by atoms with E-state index in [0.717, 1.165) is 17.8 Å². The summed E-state index contributed by atoms with van der Waals surface area (Å²) in [5, 5.41) is 16.1. The minimum Gasteiger partial charge on any atom is -0.351 e. The zero-order valence-corrected chi connectivity index (χ0v) is 17.1. The highest BCUT2D eigenvalue weighted by atomic mass is 19.4. The van der Waals surface area contributed by atoms with Crippen LogP contribution in [0.5, 0.6) is 0 Å². The Balaban J connectivity index is 1.46. The molecule has 0 spiro atoms. The van der Waals surface area contributed by atoms with Crippen molar-refractivity contribution in [2.24, 2.45) is 0 Å². The Morgan fingerprint density at radius 3 is 2.72 bits per heavy atom. The summed E-state index contributed by atoms with van der Waals surface area (Å²) in [6.45, 7) is 4.50. The van der Waals surface area contributed by atoms with Crippen molar-refractivity contribution >= 4 is 5.82 Å². The highest BCUT2D eigenvalue weighted by molar-refractivity contribution is 5.60. The van der Waals surface area contributed by atoms with Gasteiger partial charge in [-0.15, -0.1) is 0 Å². The van der Waals surface area contributed by atoms with Crippen molar-refractivity contribution in [3.8, 4) is 17.5 Å². The number of piperazine rings is 1. The van der Waals surface area contributed by atoms with Gasteiger partial charge in [0.15, 0.2) is 0 Å². The number of nitriles is 1. The maximum absolute atomic E-state index is 12.8. The van der Waals surface area contributed by atoms with Crippen molar-refractivity contribution in [1.82, 2.24) is 25.1 Å². The third-order valence-corrected chi connectivity index (χ3v) is 5.44. The molecule has 0 amide bonds. The lowest BCUT2D eigenvalue weighted by Crippen LogP contribution is -2.51. The number of nitrogens with one attached hydrogen (secondary N) is 2. The van der Waals surface area contributed by atoms with E-state index in [1.165, 1.54) is 12.1 Å². The van der Waals surface area contributed by atoms with Crippen molar-refractivity contribution in [2.45, 2.75) is 25.7 Å². The molecule has 3 aromatic rings. The topological polar surface area (TPSA) is 105 Å². The number of aromatic nitrogens is 4. The van der Waals surface area contributed by atoms with Crippen LogP contribution in [0.1, 0.15) is 23.6 Å². The maximum Gasteiger partial charge on any atom is 0.417 e. The van der Waals surface area contributed by atoms with Gasteiger partial charge in [-0.05, 0) is 25.1 Å². The Hall–Kier alpha value is -3.65. The van der Waals surface area contributed by atoms with E-state index in [1.807, 2.05) is 17.9 Å². The molecule has 1 atom stereocenters. The number of anilines is 1. The van der Waals surface area contributed by atoms with Crippen LogP contribution in [0.25, 0.3) is 11.4 Å². The second-order valence-electron chi connectivity index (χ2n) is 7.71. The Morgan fingerprint density at radius 2 is 2.06 bits per heavy atom. The number of nitrogens with zero attached hydrogens (tertiary/aromatic N) is 5. The Bertz CT molecular complexity index is 1190. The van der Waals surface area contributed by atoms with E-state index in [4.69, 9.17) is 5.26 Å². The largest absolute Gasteiger partial charge is 0.417 e. The summed E-state index contributed by atoms with van der Waals surface area (Å²) >= 11 is 0. The van der Waals surface area contributed by atoms with E-state index in [0.29, 0.717) is 43.4 Å². The van der Waals surface area contributed by atoms with Gasteiger partial charge in [0.05, 0.1) is 34.8 Å². The Labute approximate surface area is 181 Å². The summed E-state index contributed by atoms with van der Waals surface area (Å²) in [6.07, 6.45) is -1.86. The molecule has 1 aliphatic heterocycles. The Kier molecular flexibility index (Phi) is 5.71. The average molecular weight is 443 g/mol. The summed E-state index contributed by atoms with van der Waals surface area (Å²) < 4.78 is 38.4. The summed E-state index contributed by atoms with van der Waals surface area (Å²) in [5.74, 6) is 0.514. The molecule has 0 saturated carbocycles. The zero-order chi connectivity index (χ0) is 22.9. The van der Waals surface area contributed by atoms with Crippen molar-refractivity contribution in [3.63, 3.8) is 0 Å². The summed E-state index contributed by atoms with van der Waals surface area (Å²) in [7, 11) is 0. The fraction of sp³-hybridized carbons (Fsp3) is 0.333. The molecule has 166 valence electrons. The van der Waals surface area contributed by atoms with E-state index in [9.17, 15) is 18.0 Å². The van der Waals surface area contributed by atoms with Crippen molar-refractivity contribution < 1.29 is 13.2 Å². The molecule has 0 aromatic carbocycles. The monoisotopic (exact) mass is 443 g/mol. The van der Waals surface area contributed by atoms with Crippen LogP contribution in [-0.4, -0.2) is 50.7 Å². The lowest BCUT2D eigenvalue weighted by Gasteiger charge is -2.40. The average Bonchev–Trinajstić information content (AvgIpc) is 3.21. The molecule has 0 bridgehead atoms. The van der Waals surface area contributed by atoms with E-state index < -0.39 is 11.7 Å². The summed E-state index contributed by atoms with van der Waals surface area (Å²) in [6, 6.07) is 7.28. The second kappa shape index (κ2) is 8.47. The first-order chi connectivity index (χ1) is 15.2. The Morgan fingerprint density at radius 1 is 1.25 bits per heavy atom.